The molecule has 0 atom stereocenters. The quantitative estimate of drug-likeness (QED) is 0.263. The smallest absolute Gasteiger partial charge is 0.216 e. The third-order valence-corrected chi connectivity index (χ3v) is 5.93. The first-order chi connectivity index (χ1) is 13.0. The van der Waals surface area contributed by atoms with Crippen molar-refractivity contribution in [3.8, 4) is 10.6 Å². The molecule has 28 heavy (non-hydrogen) atoms. The zero-order valence-electron chi connectivity index (χ0n) is 16.5. The molecule has 0 radical (unpaired) electrons. The van der Waals surface area contributed by atoms with Gasteiger partial charge in [-0.05, 0) is 46.2 Å². The van der Waals surface area contributed by atoms with E-state index in [0.29, 0.717) is 12.4 Å². The Balaban J connectivity index is 0.00000280. The van der Waals surface area contributed by atoms with Gasteiger partial charge in [-0.2, -0.15) is 0 Å². The van der Waals surface area contributed by atoms with E-state index in [0.717, 1.165) is 47.6 Å². The molecule has 0 bridgehead atoms. The molecule has 0 aliphatic carbocycles. The largest absolute Gasteiger partial charge is 0.444 e. The molecule has 0 amide bonds. The third-order valence-electron chi connectivity index (χ3n) is 3.99. The fourth-order valence-corrected chi connectivity index (χ4v) is 4.18. The highest BCUT2D eigenvalue weighted by Gasteiger charge is 2.07. The molecular weight excluding hydrogens is 505 g/mol. The second kappa shape index (κ2) is 10.9. The fourth-order valence-electron chi connectivity index (χ4n) is 2.53. The zero-order valence-corrected chi connectivity index (χ0v) is 20.5. The second-order valence-electron chi connectivity index (χ2n) is 6.14. The van der Waals surface area contributed by atoms with Gasteiger partial charge < -0.3 is 15.1 Å². The van der Waals surface area contributed by atoms with Gasteiger partial charge in [0.05, 0.1) is 21.3 Å². The summed E-state index contributed by atoms with van der Waals surface area (Å²) in [5.74, 6) is 2.27. The van der Waals surface area contributed by atoms with Crippen molar-refractivity contribution in [3.05, 3.63) is 44.7 Å². The molecular formula is C19H26IN5OS2. The summed E-state index contributed by atoms with van der Waals surface area (Å²) in [5, 5.41) is 9.85. The lowest BCUT2D eigenvalue weighted by Gasteiger charge is -2.10. The summed E-state index contributed by atoms with van der Waals surface area (Å²) >= 11 is 3.49. The van der Waals surface area contributed by atoms with Crippen LogP contribution < -0.4 is 10.6 Å². The molecule has 0 aromatic carbocycles. The maximum atomic E-state index is 5.59. The second-order valence-corrected chi connectivity index (χ2v) is 8.37. The van der Waals surface area contributed by atoms with Gasteiger partial charge in [-0.25, -0.2) is 15.0 Å². The van der Waals surface area contributed by atoms with E-state index in [2.05, 4.69) is 50.0 Å². The Hall–Kier alpha value is -1.46. The first-order valence-electron chi connectivity index (χ1n) is 9.01. The number of nitrogens with zero attached hydrogens (tertiary/aromatic N) is 3. The van der Waals surface area contributed by atoms with E-state index < -0.39 is 0 Å². The maximum Gasteiger partial charge on any atom is 0.216 e. The van der Waals surface area contributed by atoms with E-state index >= 15 is 0 Å². The van der Waals surface area contributed by atoms with Gasteiger partial charge in [0, 0.05) is 23.3 Å². The summed E-state index contributed by atoms with van der Waals surface area (Å²) in [7, 11) is 0. The molecule has 3 rings (SSSR count). The third kappa shape index (κ3) is 6.28. The monoisotopic (exact) mass is 531 g/mol. The van der Waals surface area contributed by atoms with Gasteiger partial charge in [0.1, 0.15) is 12.3 Å². The van der Waals surface area contributed by atoms with Crippen LogP contribution in [0.2, 0.25) is 0 Å². The number of aromatic nitrogens is 2. The SMILES string of the molecule is CCNC(=NCc1nc(C)c(C)o1)NCCc1ccc(-c2csc(C)n2)s1.I. The van der Waals surface area contributed by atoms with Crippen LogP contribution in [0.1, 0.15) is 34.2 Å². The Kier molecular flexibility index (Phi) is 8.90. The number of hydrogen-bond donors (Lipinski definition) is 2. The number of thiazole rings is 1. The van der Waals surface area contributed by atoms with Crippen LogP contribution in [0.25, 0.3) is 10.6 Å². The van der Waals surface area contributed by atoms with Crippen LogP contribution in [-0.4, -0.2) is 29.0 Å². The number of halogens is 1. The number of aryl methyl sites for hydroxylation is 3. The molecule has 3 aromatic rings. The number of hydrogen-bond acceptors (Lipinski definition) is 6. The van der Waals surface area contributed by atoms with Crippen LogP contribution >= 0.6 is 46.7 Å². The number of rotatable bonds is 7. The maximum absolute atomic E-state index is 5.59. The summed E-state index contributed by atoms with van der Waals surface area (Å²) in [6, 6.07) is 4.33. The van der Waals surface area contributed by atoms with Crippen molar-refractivity contribution in [1.82, 2.24) is 20.6 Å². The Morgan fingerprint density at radius 2 is 2.00 bits per heavy atom. The molecule has 0 aliphatic heterocycles. The molecule has 0 saturated heterocycles. The number of oxazole rings is 1. The predicted molar refractivity (Wildman–Crippen MR) is 128 cm³/mol. The Labute approximate surface area is 190 Å². The minimum Gasteiger partial charge on any atom is -0.444 e. The van der Waals surface area contributed by atoms with Gasteiger partial charge in [0.25, 0.3) is 0 Å². The molecule has 0 aliphatic rings. The Morgan fingerprint density at radius 1 is 1.18 bits per heavy atom. The number of guanidine groups is 1. The molecule has 3 heterocycles. The molecule has 2 N–H and O–H groups in total. The highest BCUT2D eigenvalue weighted by atomic mass is 127. The van der Waals surface area contributed by atoms with Gasteiger partial charge >= 0.3 is 0 Å². The zero-order chi connectivity index (χ0) is 19.2. The van der Waals surface area contributed by atoms with Crippen molar-refractivity contribution in [1.29, 1.82) is 0 Å². The van der Waals surface area contributed by atoms with Crippen molar-refractivity contribution in [3.63, 3.8) is 0 Å². The molecule has 3 aromatic heterocycles. The van der Waals surface area contributed by atoms with Crippen LogP contribution in [0.15, 0.2) is 26.9 Å². The van der Waals surface area contributed by atoms with E-state index in [1.165, 1.54) is 9.75 Å². The fraction of sp³-hybridized carbons (Fsp3) is 0.421. The number of thiophene rings is 1. The van der Waals surface area contributed by atoms with Crippen molar-refractivity contribution >= 4 is 52.6 Å². The standard InChI is InChI=1S/C19H25N5OS2.HI/c1-5-20-19(22-10-18-23-12(2)13(3)25-18)21-9-8-15-6-7-17(27-15)16-11-26-14(4)24-16;/h6-7,11H,5,8-10H2,1-4H3,(H2,20,21,22);1H. The van der Waals surface area contributed by atoms with Crippen LogP contribution in [0.3, 0.4) is 0 Å². The Morgan fingerprint density at radius 3 is 2.64 bits per heavy atom. The number of aliphatic imine (C=N–C) groups is 1. The molecule has 9 heteroatoms. The predicted octanol–water partition coefficient (Wildman–Crippen LogP) is 4.70. The highest BCUT2D eigenvalue weighted by molar-refractivity contribution is 14.0. The Bertz CT molecular complexity index is 896. The summed E-state index contributed by atoms with van der Waals surface area (Å²) in [6.45, 7) is 10.00. The van der Waals surface area contributed by atoms with Gasteiger partial charge in [-0.1, -0.05) is 0 Å². The van der Waals surface area contributed by atoms with E-state index in [1.807, 2.05) is 20.8 Å². The topological polar surface area (TPSA) is 75.3 Å². The van der Waals surface area contributed by atoms with Crippen molar-refractivity contribution < 1.29 is 4.42 Å². The van der Waals surface area contributed by atoms with Crippen molar-refractivity contribution in [2.45, 2.75) is 40.7 Å². The average Bonchev–Trinajstić information content (AvgIpc) is 3.34. The summed E-state index contributed by atoms with van der Waals surface area (Å²) in [4.78, 5) is 16.0. The van der Waals surface area contributed by atoms with Crippen LogP contribution in [-0.2, 0) is 13.0 Å². The van der Waals surface area contributed by atoms with E-state index in [-0.39, 0.29) is 24.0 Å². The summed E-state index contributed by atoms with van der Waals surface area (Å²) < 4.78 is 5.59. The molecule has 0 saturated carbocycles. The highest BCUT2D eigenvalue weighted by Crippen LogP contribution is 2.29. The molecule has 152 valence electrons. The molecule has 0 spiro atoms. The van der Waals surface area contributed by atoms with Crippen LogP contribution in [0.4, 0.5) is 0 Å². The lowest BCUT2D eigenvalue weighted by Crippen LogP contribution is -2.38. The average molecular weight is 531 g/mol. The normalized spacial score (nSPS) is 11.4. The first kappa shape index (κ1) is 22.8. The van der Waals surface area contributed by atoms with Crippen molar-refractivity contribution in [2.75, 3.05) is 13.1 Å². The summed E-state index contributed by atoms with van der Waals surface area (Å²) in [6.07, 6.45) is 0.940. The molecule has 0 unspecified atom stereocenters. The van der Waals surface area contributed by atoms with Gasteiger partial charge in [-0.15, -0.1) is 46.7 Å². The lowest BCUT2D eigenvalue weighted by atomic mass is 10.3. The first-order valence-corrected chi connectivity index (χ1v) is 10.7. The minimum atomic E-state index is 0. The van der Waals surface area contributed by atoms with Gasteiger partial charge in [-0.3, -0.25) is 0 Å². The summed E-state index contributed by atoms with van der Waals surface area (Å²) in [5.41, 5.74) is 2.00. The van der Waals surface area contributed by atoms with E-state index in [1.54, 1.807) is 22.7 Å². The van der Waals surface area contributed by atoms with Gasteiger partial charge in [0.2, 0.25) is 5.89 Å². The van der Waals surface area contributed by atoms with Gasteiger partial charge in [0.15, 0.2) is 5.96 Å². The molecule has 6 nitrogen and oxygen atoms in total. The lowest BCUT2D eigenvalue weighted by molar-refractivity contribution is 0.473. The van der Waals surface area contributed by atoms with Crippen LogP contribution in [0, 0.1) is 20.8 Å². The van der Waals surface area contributed by atoms with E-state index in [4.69, 9.17) is 4.42 Å². The van der Waals surface area contributed by atoms with Crippen molar-refractivity contribution in [2.24, 2.45) is 4.99 Å². The number of nitrogens with one attached hydrogen (secondary N) is 2. The minimum absolute atomic E-state index is 0. The molecule has 0 fully saturated rings. The van der Waals surface area contributed by atoms with Crippen LogP contribution in [0.5, 0.6) is 0 Å². The van der Waals surface area contributed by atoms with E-state index in [9.17, 15) is 0 Å².